The van der Waals surface area contributed by atoms with Gasteiger partial charge in [0.1, 0.15) is 5.82 Å². The molecule has 0 atom stereocenters. The van der Waals surface area contributed by atoms with Crippen LogP contribution in [0, 0.1) is 0 Å². The van der Waals surface area contributed by atoms with Crippen LogP contribution in [0.2, 0.25) is 0 Å². The molecular formula is C21H30N4O2. The lowest BCUT2D eigenvalue weighted by Gasteiger charge is -2.12. The van der Waals surface area contributed by atoms with E-state index in [2.05, 4.69) is 42.8 Å². The van der Waals surface area contributed by atoms with Crippen LogP contribution in [0.5, 0.6) is 0 Å². The third-order valence-corrected chi connectivity index (χ3v) is 4.21. The van der Waals surface area contributed by atoms with Gasteiger partial charge < -0.3 is 9.88 Å². The van der Waals surface area contributed by atoms with Crippen molar-refractivity contribution in [3.63, 3.8) is 0 Å². The fraction of sp³-hybridized carbons (Fsp3) is 0.429. The van der Waals surface area contributed by atoms with Crippen LogP contribution < -0.4 is 10.8 Å². The van der Waals surface area contributed by atoms with Crippen LogP contribution in [0.25, 0.3) is 17.1 Å². The van der Waals surface area contributed by atoms with Gasteiger partial charge in [-0.25, -0.2) is 10.5 Å². The zero-order valence-electron chi connectivity index (χ0n) is 16.4. The first-order valence-corrected chi connectivity index (χ1v) is 9.54. The highest BCUT2D eigenvalue weighted by molar-refractivity contribution is 5.91. The van der Waals surface area contributed by atoms with Crippen LogP contribution in [0.4, 0.5) is 0 Å². The predicted molar refractivity (Wildman–Crippen MR) is 110 cm³/mol. The molecule has 1 aromatic heterocycles. The molecule has 1 heterocycles. The number of rotatable bonds is 10. The topological polar surface area (TPSA) is 79.2 Å². The van der Waals surface area contributed by atoms with Crippen molar-refractivity contribution in [2.24, 2.45) is 0 Å². The molecule has 0 spiro atoms. The number of imidazole rings is 1. The monoisotopic (exact) mass is 370 g/mol. The number of hydrogen-bond donors (Lipinski definition) is 3. The van der Waals surface area contributed by atoms with E-state index in [1.807, 2.05) is 18.2 Å². The van der Waals surface area contributed by atoms with E-state index in [0.717, 1.165) is 54.8 Å². The number of aromatic nitrogens is 2. The van der Waals surface area contributed by atoms with Crippen molar-refractivity contribution in [1.29, 1.82) is 0 Å². The molecule has 3 N–H and O–H groups in total. The first-order chi connectivity index (χ1) is 13.0. The van der Waals surface area contributed by atoms with Gasteiger partial charge in [-0.2, -0.15) is 0 Å². The Morgan fingerprint density at radius 2 is 2.15 bits per heavy atom. The molecule has 0 aliphatic carbocycles. The van der Waals surface area contributed by atoms with Gasteiger partial charge in [-0.05, 0) is 36.6 Å². The number of fused-ring (bicyclic) bond motifs is 1. The van der Waals surface area contributed by atoms with Crippen LogP contribution in [0.1, 0.15) is 45.0 Å². The molecule has 0 fully saturated rings. The third-order valence-electron chi connectivity index (χ3n) is 4.21. The normalized spacial score (nSPS) is 12.0. The van der Waals surface area contributed by atoms with Crippen LogP contribution >= 0.6 is 0 Å². The van der Waals surface area contributed by atoms with Gasteiger partial charge >= 0.3 is 0 Å². The number of allylic oxidation sites excluding steroid dienone is 2. The SMILES string of the molecule is CCC=CCCc1nc2cc(C=CC(=O)NO)ccc2n1CCNC(C)C. The zero-order valence-corrected chi connectivity index (χ0v) is 16.4. The van der Waals surface area contributed by atoms with E-state index >= 15 is 0 Å². The fourth-order valence-corrected chi connectivity index (χ4v) is 2.91. The summed E-state index contributed by atoms with van der Waals surface area (Å²) < 4.78 is 2.28. The van der Waals surface area contributed by atoms with Crippen LogP contribution in [0.15, 0.2) is 36.4 Å². The molecule has 146 valence electrons. The first kappa shape index (κ1) is 20.9. The summed E-state index contributed by atoms with van der Waals surface area (Å²) in [5, 5.41) is 12.0. The van der Waals surface area contributed by atoms with E-state index < -0.39 is 5.91 Å². The minimum atomic E-state index is -0.552. The molecule has 1 amide bonds. The third kappa shape index (κ3) is 6.34. The van der Waals surface area contributed by atoms with Crippen LogP contribution in [-0.2, 0) is 17.8 Å². The summed E-state index contributed by atoms with van der Waals surface area (Å²) >= 11 is 0. The van der Waals surface area contributed by atoms with Crippen molar-refractivity contribution < 1.29 is 10.0 Å². The smallest absolute Gasteiger partial charge is 0.267 e. The average molecular weight is 370 g/mol. The lowest BCUT2D eigenvalue weighted by atomic mass is 10.2. The second-order valence-corrected chi connectivity index (χ2v) is 6.76. The Labute approximate surface area is 160 Å². The van der Waals surface area contributed by atoms with Crippen molar-refractivity contribution >= 4 is 23.0 Å². The van der Waals surface area contributed by atoms with Gasteiger partial charge in [0.15, 0.2) is 0 Å². The van der Waals surface area contributed by atoms with Crippen LogP contribution in [-0.4, -0.2) is 33.3 Å². The molecule has 1 aromatic carbocycles. The number of amides is 1. The summed E-state index contributed by atoms with van der Waals surface area (Å²) in [6.07, 6.45) is 10.3. The summed E-state index contributed by atoms with van der Waals surface area (Å²) in [5.74, 6) is 0.523. The largest absolute Gasteiger partial charge is 0.327 e. The van der Waals surface area contributed by atoms with Crippen molar-refractivity contribution in [2.75, 3.05) is 6.54 Å². The maximum atomic E-state index is 11.2. The number of carbonyl (C=O) groups excluding carboxylic acids is 1. The quantitative estimate of drug-likeness (QED) is 0.259. The summed E-state index contributed by atoms with van der Waals surface area (Å²) in [4.78, 5) is 16.0. The van der Waals surface area contributed by atoms with Gasteiger partial charge in [-0.15, -0.1) is 0 Å². The molecule has 0 saturated carbocycles. The standard InChI is InChI=1S/C21H30N4O2/c1-4-5-6-7-8-20-23-18-15-17(10-12-21(26)24-27)9-11-19(18)25(20)14-13-22-16(2)3/h5-6,9-12,15-16,22,27H,4,7-8,13-14H2,1-3H3,(H,24,26). The maximum Gasteiger partial charge on any atom is 0.267 e. The van der Waals surface area contributed by atoms with Crippen LogP contribution in [0.3, 0.4) is 0 Å². The van der Waals surface area contributed by atoms with E-state index in [1.165, 1.54) is 6.08 Å². The number of hydroxylamine groups is 1. The van der Waals surface area contributed by atoms with Gasteiger partial charge in [0.2, 0.25) is 0 Å². The van der Waals surface area contributed by atoms with Gasteiger partial charge in [-0.3, -0.25) is 10.0 Å². The second kappa shape index (κ2) is 10.6. The van der Waals surface area contributed by atoms with Crippen molar-refractivity contribution in [1.82, 2.24) is 20.3 Å². The van der Waals surface area contributed by atoms with Crippen molar-refractivity contribution in [2.45, 2.75) is 52.6 Å². The molecule has 0 unspecified atom stereocenters. The van der Waals surface area contributed by atoms with E-state index in [1.54, 1.807) is 11.6 Å². The minimum Gasteiger partial charge on any atom is -0.327 e. The highest BCUT2D eigenvalue weighted by Gasteiger charge is 2.10. The number of nitrogens with one attached hydrogen (secondary N) is 2. The Morgan fingerprint density at radius 1 is 1.33 bits per heavy atom. The average Bonchev–Trinajstić information content (AvgIpc) is 2.99. The lowest BCUT2D eigenvalue weighted by Crippen LogP contribution is -2.27. The molecule has 2 rings (SSSR count). The highest BCUT2D eigenvalue weighted by atomic mass is 16.5. The van der Waals surface area contributed by atoms with Crippen molar-refractivity contribution in [3.05, 3.63) is 47.8 Å². The molecule has 6 heteroatoms. The fourth-order valence-electron chi connectivity index (χ4n) is 2.91. The lowest BCUT2D eigenvalue weighted by molar-refractivity contribution is -0.124. The zero-order chi connectivity index (χ0) is 19.6. The molecule has 0 bridgehead atoms. The first-order valence-electron chi connectivity index (χ1n) is 9.54. The summed E-state index contributed by atoms with van der Waals surface area (Å²) in [5.41, 5.74) is 4.47. The van der Waals surface area contributed by atoms with E-state index in [-0.39, 0.29) is 0 Å². The molecule has 0 aliphatic heterocycles. The van der Waals surface area contributed by atoms with Gasteiger partial charge in [-0.1, -0.05) is 39.0 Å². The molecule has 0 saturated heterocycles. The Morgan fingerprint density at radius 3 is 2.85 bits per heavy atom. The number of carbonyl (C=O) groups is 1. The minimum absolute atomic E-state index is 0.449. The molecular weight excluding hydrogens is 340 g/mol. The Balaban J connectivity index is 2.27. The van der Waals surface area contributed by atoms with E-state index in [9.17, 15) is 4.79 Å². The molecule has 0 aliphatic rings. The van der Waals surface area contributed by atoms with Gasteiger partial charge in [0.25, 0.3) is 5.91 Å². The Hall–Kier alpha value is -2.44. The van der Waals surface area contributed by atoms with Gasteiger partial charge in [0, 0.05) is 31.6 Å². The summed E-state index contributed by atoms with van der Waals surface area (Å²) in [6.45, 7) is 8.17. The second-order valence-electron chi connectivity index (χ2n) is 6.76. The highest BCUT2D eigenvalue weighted by Crippen LogP contribution is 2.20. The number of aryl methyl sites for hydroxylation is 1. The van der Waals surface area contributed by atoms with Gasteiger partial charge in [0.05, 0.1) is 11.0 Å². The molecule has 0 radical (unpaired) electrons. The number of benzene rings is 1. The predicted octanol–water partition coefficient (Wildman–Crippen LogP) is 3.45. The Bertz CT molecular complexity index is 806. The summed E-state index contributed by atoms with van der Waals surface area (Å²) in [7, 11) is 0. The molecule has 6 nitrogen and oxygen atoms in total. The maximum absolute atomic E-state index is 11.2. The number of hydrogen-bond acceptors (Lipinski definition) is 4. The molecule has 2 aromatic rings. The van der Waals surface area contributed by atoms with E-state index in [0.29, 0.717) is 6.04 Å². The molecule has 27 heavy (non-hydrogen) atoms. The summed E-state index contributed by atoms with van der Waals surface area (Å²) in [6, 6.07) is 6.41. The van der Waals surface area contributed by atoms with Crippen molar-refractivity contribution in [3.8, 4) is 0 Å². The van der Waals surface area contributed by atoms with E-state index in [4.69, 9.17) is 10.2 Å². The Kier molecular flexibility index (Phi) is 8.23. The number of nitrogens with zero attached hydrogens (tertiary/aromatic N) is 2.